The Morgan fingerprint density at radius 3 is 2.73 bits per heavy atom. The molecule has 1 aromatic rings. The zero-order valence-electron chi connectivity index (χ0n) is 15.6. The average molecular weight is 428 g/mol. The van der Waals surface area contributed by atoms with Gasteiger partial charge in [0.1, 0.15) is 18.3 Å². The predicted molar refractivity (Wildman–Crippen MR) is 101 cm³/mol. The molecule has 144 valence electrons. The van der Waals surface area contributed by atoms with Gasteiger partial charge in [0.25, 0.3) is 5.91 Å². The summed E-state index contributed by atoms with van der Waals surface area (Å²) in [6.07, 6.45) is 2.04. The molecule has 0 radical (unpaired) electrons. The summed E-state index contributed by atoms with van der Waals surface area (Å²) in [5.41, 5.74) is -0.252. The maximum Gasteiger partial charge on any atom is 0.270 e. The van der Waals surface area contributed by atoms with Gasteiger partial charge in [0.05, 0.1) is 10.6 Å². The van der Waals surface area contributed by atoms with E-state index in [1.807, 2.05) is 20.8 Å². The molecule has 2 amide bonds. The molecule has 0 spiro atoms. The molecule has 1 aliphatic rings. The zero-order chi connectivity index (χ0) is 19.3. The molecule has 0 aliphatic carbocycles. The quantitative estimate of drug-likeness (QED) is 0.726. The Bertz CT molecular complexity index is 654. The number of pyridine rings is 1. The third-order valence-electron chi connectivity index (χ3n) is 4.13. The van der Waals surface area contributed by atoms with Gasteiger partial charge < -0.3 is 20.1 Å². The number of halogens is 1. The van der Waals surface area contributed by atoms with Crippen molar-refractivity contribution >= 4 is 27.7 Å². The summed E-state index contributed by atoms with van der Waals surface area (Å²) < 4.78 is 11.9. The summed E-state index contributed by atoms with van der Waals surface area (Å²) in [5, 5.41) is 5.34. The molecule has 1 aromatic heterocycles. The van der Waals surface area contributed by atoms with E-state index in [0.717, 1.165) is 19.4 Å². The molecule has 0 saturated carbocycles. The van der Waals surface area contributed by atoms with Crippen LogP contribution in [0.2, 0.25) is 0 Å². The fourth-order valence-electron chi connectivity index (χ4n) is 2.62. The number of amides is 2. The van der Waals surface area contributed by atoms with Crippen LogP contribution in [-0.4, -0.2) is 49.2 Å². The Balaban J connectivity index is 2.10. The fraction of sp³-hybridized carbons (Fsp3) is 0.611. The van der Waals surface area contributed by atoms with E-state index in [2.05, 4.69) is 31.5 Å². The van der Waals surface area contributed by atoms with Gasteiger partial charge in [-0.3, -0.25) is 9.59 Å². The maximum atomic E-state index is 12.6. The Hall–Kier alpha value is -1.67. The van der Waals surface area contributed by atoms with E-state index in [0.29, 0.717) is 17.0 Å². The Labute approximate surface area is 162 Å². The third kappa shape index (κ3) is 5.41. The first-order valence-corrected chi connectivity index (χ1v) is 9.45. The second kappa shape index (κ2) is 8.81. The molecule has 26 heavy (non-hydrogen) atoms. The molecule has 1 saturated heterocycles. The number of ether oxygens (including phenoxy) is 2. The molecule has 1 fully saturated rings. The van der Waals surface area contributed by atoms with Gasteiger partial charge in [0.2, 0.25) is 11.8 Å². The van der Waals surface area contributed by atoms with Gasteiger partial charge in [-0.2, -0.15) is 0 Å². The van der Waals surface area contributed by atoms with Crippen molar-refractivity contribution in [3.05, 3.63) is 22.3 Å². The summed E-state index contributed by atoms with van der Waals surface area (Å²) >= 11 is 3.38. The number of carbonyl (C=O) groups is 2. The molecule has 2 N–H and O–H groups in total. The highest BCUT2D eigenvalue weighted by Gasteiger charge is 2.32. The van der Waals surface area contributed by atoms with E-state index in [4.69, 9.17) is 9.47 Å². The molecule has 2 rings (SSSR count). The minimum atomic E-state index is -0.679. The number of hydrogen-bond donors (Lipinski definition) is 2. The number of rotatable bonds is 6. The minimum Gasteiger partial charge on any atom is -0.474 e. The van der Waals surface area contributed by atoms with Crippen molar-refractivity contribution in [2.75, 3.05) is 20.3 Å². The highest BCUT2D eigenvalue weighted by molar-refractivity contribution is 9.10. The number of aromatic nitrogens is 1. The summed E-state index contributed by atoms with van der Waals surface area (Å²) in [7, 11) is 1.54. The van der Waals surface area contributed by atoms with Crippen molar-refractivity contribution < 1.29 is 19.1 Å². The monoisotopic (exact) mass is 427 g/mol. The first-order chi connectivity index (χ1) is 12.2. The Kier molecular flexibility index (Phi) is 7.00. The molecule has 0 bridgehead atoms. The van der Waals surface area contributed by atoms with Gasteiger partial charge >= 0.3 is 0 Å². The van der Waals surface area contributed by atoms with Gasteiger partial charge in [-0.25, -0.2) is 4.98 Å². The van der Waals surface area contributed by atoms with E-state index >= 15 is 0 Å². The van der Waals surface area contributed by atoms with Crippen LogP contribution in [0, 0.1) is 5.41 Å². The third-order valence-corrected chi connectivity index (χ3v) is 4.73. The highest BCUT2D eigenvalue weighted by Crippen LogP contribution is 2.25. The first-order valence-electron chi connectivity index (χ1n) is 8.65. The lowest BCUT2D eigenvalue weighted by Crippen LogP contribution is -2.53. The standard InChI is InChI=1S/C18H26BrN3O4/c1-18(2,3)14(16(24)20-4)22-15(23)13-8-7-12(19)17(21-13)26-10-11-6-5-9-25-11/h7-8,11,14H,5-6,9-10H2,1-4H3,(H,20,24)(H,22,23)/t11-,14?/m0/s1. The van der Waals surface area contributed by atoms with Crippen molar-refractivity contribution in [3.8, 4) is 5.88 Å². The molecular formula is C18H26BrN3O4. The average Bonchev–Trinajstić information content (AvgIpc) is 3.10. The number of nitrogens with one attached hydrogen (secondary N) is 2. The van der Waals surface area contributed by atoms with E-state index < -0.39 is 17.4 Å². The normalized spacial score (nSPS) is 18.3. The van der Waals surface area contributed by atoms with Crippen LogP contribution >= 0.6 is 15.9 Å². The molecule has 0 aromatic carbocycles. The molecule has 2 atom stereocenters. The number of nitrogens with zero attached hydrogens (tertiary/aromatic N) is 1. The van der Waals surface area contributed by atoms with Crippen LogP contribution < -0.4 is 15.4 Å². The molecular weight excluding hydrogens is 402 g/mol. The van der Waals surface area contributed by atoms with E-state index in [-0.39, 0.29) is 17.7 Å². The largest absolute Gasteiger partial charge is 0.474 e. The lowest BCUT2D eigenvalue weighted by Gasteiger charge is -2.29. The highest BCUT2D eigenvalue weighted by atomic mass is 79.9. The lowest BCUT2D eigenvalue weighted by molar-refractivity contribution is -0.124. The van der Waals surface area contributed by atoms with Crippen molar-refractivity contribution in [1.82, 2.24) is 15.6 Å². The van der Waals surface area contributed by atoms with Crippen LogP contribution in [0.3, 0.4) is 0 Å². The van der Waals surface area contributed by atoms with Crippen molar-refractivity contribution in [1.29, 1.82) is 0 Å². The lowest BCUT2D eigenvalue weighted by atomic mass is 9.86. The van der Waals surface area contributed by atoms with Crippen molar-refractivity contribution in [2.24, 2.45) is 5.41 Å². The Morgan fingerprint density at radius 1 is 1.42 bits per heavy atom. The second-order valence-corrected chi connectivity index (χ2v) is 8.17. The summed E-state index contributed by atoms with van der Waals surface area (Å²) in [4.78, 5) is 29.0. The van der Waals surface area contributed by atoms with Gasteiger partial charge in [-0.05, 0) is 46.3 Å². The number of likely N-dealkylation sites (N-methyl/N-ethyl adjacent to an activating group) is 1. The number of hydrogen-bond acceptors (Lipinski definition) is 5. The number of carbonyl (C=O) groups excluding carboxylic acids is 2. The first kappa shape index (κ1) is 20.6. The summed E-state index contributed by atoms with van der Waals surface area (Å²) in [6.45, 7) is 6.80. The van der Waals surface area contributed by atoms with Crippen LogP contribution in [0.1, 0.15) is 44.1 Å². The van der Waals surface area contributed by atoms with Gasteiger partial charge in [-0.1, -0.05) is 20.8 Å². The maximum absolute atomic E-state index is 12.6. The molecule has 1 unspecified atom stereocenters. The molecule has 1 aliphatic heterocycles. The molecule has 2 heterocycles. The summed E-state index contributed by atoms with van der Waals surface area (Å²) in [5.74, 6) is -0.346. The van der Waals surface area contributed by atoms with Crippen molar-refractivity contribution in [3.63, 3.8) is 0 Å². The smallest absolute Gasteiger partial charge is 0.270 e. The van der Waals surface area contributed by atoms with E-state index in [1.54, 1.807) is 19.2 Å². The SMILES string of the molecule is CNC(=O)C(NC(=O)c1ccc(Br)c(OC[C@@H]2CCCO2)n1)C(C)(C)C. The van der Waals surface area contributed by atoms with Crippen LogP contribution in [0.5, 0.6) is 5.88 Å². The summed E-state index contributed by atoms with van der Waals surface area (Å²) in [6, 6.07) is 2.61. The van der Waals surface area contributed by atoms with Crippen LogP contribution in [0.4, 0.5) is 0 Å². The topological polar surface area (TPSA) is 89.6 Å². The van der Waals surface area contributed by atoms with E-state index in [1.165, 1.54) is 0 Å². The van der Waals surface area contributed by atoms with E-state index in [9.17, 15) is 9.59 Å². The van der Waals surface area contributed by atoms with Crippen LogP contribution in [0.25, 0.3) is 0 Å². The van der Waals surface area contributed by atoms with Gasteiger partial charge in [0.15, 0.2) is 0 Å². The predicted octanol–water partition coefficient (Wildman–Crippen LogP) is 2.29. The van der Waals surface area contributed by atoms with Crippen LogP contribution in [0.15, 0.2) is 16.6 Å². The zero-order valence-corrected chi connectivity index (χ0v) is 17.2. The fourth-order valence-corrected chi connectivity index (χ4v) is 2.96. The Morgan fingerprint density at radius 2 is 2.15 bits per heavy atom. The minimum absolute atomic E-state index is 0.0553. The van der Waals surface area contributed by atoms with Crippen molar-refractivity contribution in [2.45, 2.75) is 45.8 Å². The molecule has 7 nitrogen and oxygen atoms in total. The molecule has 8 heteroatoms. The van der Waals surface area contributed by atoms with Gasteiger partial charge in [-0.15, -0.1) is 0 Å². The van der Waals surface area contributed by atoms with Crippen LogP contribution in [-0.2, 0) is 9.53 Å². The van der Waals surface area contributed by atoms with Gasteiger partial charge in [0, 0.05) is 13.7 Å². The second-order valence-electron chi connectivity index (χ2n) is 7.32.